The van der Waals surface area contributed by atoms with E-state index in [4.69, 9.17) is 9.47 Å². The van der Waals surface area contributed by atoms with Gasteiger partial charge in [-0.2, -0.15) is 0 Å². The van der Waals surface area contributed by atoms with Crippen LogP contribution >= 0.6 is 0 Å². The van der Waals surface area contributed by atoms with Gasteiger partial charge in [-0.3, -0.25) is 9.89 Å². The number of aliphatic imine (C=N–C) groups is 1. The molecule has 1 unspecified atom stereocenters. The number of benzene rings is 1. The zero-order chi connectivity index (χ0) is 20.9. The van der Waals surface area contributed by atoms with Gasteiger partial charge >= 0.3 is 0 Å². The molecular weight excluding hydrogens is 366 g/mol. The number of rotatable bonds is 11. The maximum atomic E-state index is 5.64. The van der Waals surface area contributed by atoms with E-state index in [-0.39, 0.29) is 0 Å². The summed E-state index contributed by atoms with van der Waals surface area (Å²) < 4.78 is 10.7. The van der Waals surface area contributed by atoms with Gasteiger partial charge in [0, 0.05) is 66.6 Å². The fourth-order valence-electron chi connectivity index (χ4n) is 3.49. The van der Waals surface area contributed by atoms with Gasteiger partial charge in [-0.25, -0.2) is 0 Å². The molecule has 0 radical (unpaired) electrons. The molecule has 2 rings (SSSR count). The van der Waals surface area contributed by atoms with Gasteiger partial charge in [0.15, 0.2) is 5.96 Å². The maximum Gasteiger partial charge on any atom is 0.191 e. The van der Waals surface area contributed by atoms with E-state index in [0.29, 0.717) is 6.10 Å². The fourth-order valence-corrected chi connectivity index (χ4v) is 3.49. The summed E-state index contributed by atoms with van der Waals surface area (Å²) in [4.78, 5) is 9.10. The van der Waals surface area contributed by atoms with Crippen molar-refractivity contribution in [3.8, 4) is 0 Å². The highest BCUT2D eigenvalue weighted by molar-refractivity contribution is 5.79. The van der Waals surface area contributed by atoms with E-state index in [1.165, 1.54) is 11.1 Å². The van der Waals surface area contributed by atoms with Crippen LogP contribution in [-0.4, -0.2) is 89.0 Å². The first kappa shape index (κ1) is 23.6. The lowest BCUT2D eigenvalue weighted by molar-refractivity contribution is -0.0212. The lowest BCUT2D eigenvalue weighted by Crippen LogP contribution is -2.41. The van der Waals surface area contributed by atoms with Crippen LogP contribution in [-0.2, 0) is 22.6 Å². The highest BCUT2D eigenvalue weighted by Crippen LogP contribution is 2.12. The first-order valence-corrected chi connectivity index (χ1v) is 10.6. The van der Waals surface area contributed by atoms with Crippen LogP contribution < -0.4 is 10.6 Å². The molecule has 164 valence electrons. The van der Waals surface area contributed by atoms with Crippen LogP contribution in [0.4, 0.5) is 0 Å². The molecule has 1 aliphatic rings. The average molecular weight is 406 g/mol. The topological polar surface area (TPSA) is 61.4 Å². The summed E-state index contributed by atoms with van der Waals surface area (Å²) in [6.45, 7) is 10.4. The van der Waals surface area contributed by atoms with Gasteiger partial charge in [-0.1, -0.05) is 24.3 Å². The van der Waals surface area contributed by atoms with Crippen molar-refractivity contribution in [2.75, 3.05) is 67.1 Å². The van der Waals surface area contributed by atoms with Gasteiger partial charge in [0.25, 0.3) is 0 Å². The van der Waals surface area contributed by atoms with E-state index in [2.05, 4.69) is 63.7 Å². The second-order valence-corrected chi connectivity index (χ2v) is 7.74. The van der Waals surface area contributed by atoms with Gasteiger partial charge in [-0.05, 0) is 31.5 Å². The lowest BCUT2D eigenvalue weighted by Gasteiger charge is -2.31. The quantitative estimate of drug-likeness (QED) is 0.331. The number of hydrogen-bond donors (Lipinski definition) is 2. The van der Waals surface area contributed by atoms with Crippen LogP contribution in [0, 0.1) is 0 Å². The summed E-state index contributed by atoms with van der Waals surface area (Å²) in [5, 5.41) is 6.81. The van der Waals surface area contributed by atoms with Crippen LogP contribution in [0.3, 0.4) is 0 Å². The summed E-state index contributed by atoms with van der Waals surface area (Å²) in [6.07, 6.45) is 1.38. The van der Waals surface area contributed by atoms with Crippen molar-refractivity contribution < 1.29 is 9.47 Å². The second-order valence-electron chi connectivity index (χ2n) is 7.74. The number of methoxy groups -OCH3 is 1. The minimum Gasteiger partial charge on any atom is -0.385 e. The van der Waals surface area contributed by atoms with E-state index in [1.54, 1.807) is 7.11 Å². The summed E-state index contributed by atoms with van der Waals surface area (Å²) in [7, 11) is 5.69. The normalized spacial score (nSPS) is 18.2. The molecule has 1 aliphatic heterocycles. The Kier molecular flexibility index (Phi) is 11.0. The van der Waals surface area contributed by atoms with Crippen molar-refractivity contribution in [1.82, 2.24) is 20.4 Å². The third kappa shape index (κ3) is 9.58. The van der Waals surface area contributed by atoms with Crippen molar-refractivity contribution >= 4 is 5.96 Å². The van der Waals surface area contributed by atoms with Crippen molar-refractivity contribution in [3.63, 3.8) is 0 Å². The first-order chi connectivity index (χ1) is 14.1. The third-order valence-corrected chi connectivity index (χ3v) is 5.08. The Morgan fingerprint density at radius 2 is 2.14 bits per heavy atom. The number of nitrogens with zero attached hydrogens (tertiary/aromatic N) is 3. The number of ether oxygens (including phenoxy) is 2. The molecule has 1 aromatic rings. The molecule has 0 amide bonds. The van der Waals surface area contributed by atoms with Gasteiger partial charge in [0.05, 0.1) is 12.7 Å². The van der Waals surface area contributed by atoms with Crippen LogP contribution in [0.25, 0.3) is 0 Å². The molecule has 29 heavy (non-hydrogen) atoms. The minimum atomic E-state index is 0.321. The Hall–Kier alpha value is -1.67. The molecule has 1 atom stereocenters. The summed E-state index contributed by atoms with van der Waals surface area (Å²) >= 11 is 0. The third-order valence-electron chi connectivity index (χ3n) is 5.08. The largest absolute Gasteiger partial charge is 0.385 e. The molecule has 0 saturated carbocycles. The Morgan fingerprint density at radius 3 is 2.90 bits per heavy atom. The van der Waals surface area contributed by atoms with Crippen molar-refractivity contribution in [3.05, 3.63) is 35.4 Å². The van der Waals surface area contributed by atoms with Gasteiger partial charge in [0.1, 0.15) is 0 Å². The number of hydrogen-bond acceptors (Lipinski definition) is 5. The summed E-state index contributed by atoms with van der Waals surface area (Å²) in [6, 6.07) is 8.79. The molecule has 1 heterocycles. The zero-order valence-electron chi connectivity index (χ0n) is 18.6. The van der Waals surface area contributed by atoms with E-state index >= 15 is 0 Å². The fraction of sp³-hybridized carbons (Fsp3) is 0.682. The number of nitrogens with one attached hydrogen (secondary N) is 2. The van der Waals surface area contributed by atoms with Crippen LogP contribution in [0.1, 0.15) is 24.5 Å². The first-order valence-electron chi connectivity index (χ1n) is 10.6. The Balaban J connectivity index is 1.72. The van der Waals surface area contributed by atoms with Crippen LogP contribution in [0.2, 0.25) is 0 Å². The van der Waals surface area contributed by atoms with E-state index < -0.39 is 0 Å². The predicted molar refractivity (Wildman–Crippen MR) is 119 cm³/mol. The average Bonchev–Trinajstić information content (AvgIpc) is 2.71. The molecule has 0 aromatic heterocycles. The van der Waals surface area contributed by atoms with E-state index in [0.717, 1.165) is 71.4 Å². The van der Waals surface area contributed by atoms with Gasteiger partial charge in [0.2, 0.25) is 0 Å². The molecule has 1 aromatic carbocycles. The molecule has 0 aliphatic carbocycles. The van der Waals surface area contributed by atoms with Crippen molar-refractivity contribution in [1.29, 1.82) is 0 Å². The molecule has 7 nitrogen and oxygen atoms in total. The monoisotopic (exact) mass is 405 g/mol. The smallest absolute Gasteiger partial charge is 0.191 e. The van der Waals surface area contributed by atoms with Crippen LogP contribution in [0.5, 0.6) is 0 Å². The Labute approximate surface area is 176 Å². The predicted octanol–water partition coefficient (Wildman–Crippen LogP) is 1.54. The Bertz CT molecular complexity index is 611. The number of guanidine groups is 1. The van der Waals surface area contributed by atoms with Crippen molar-refractivity contribution in [2.24, 2.45) is 4.99 Å². The lowest BCUT2D eigenvalue weighted by atomic mass is 10.1. The summed E-state index contributed by atoms with van der Waals surface area (Å²) in [5.74, 6) is 0.836. The minimum absolute atomic E-state index is 0.321. The maximum absolute atomic E-state index is 5.64. The molecule has 1 fully saturated rings. The van der Waals surface area contributed by atoms with E-state index in [1.807, 2.05) is 7.05 Å². The number of likely N-dealkylation sites (N-methyl/N-ethyl adjacent to an activating group) is 1. The molecule has 7 heteroatoms. The highest BCUT2D eigenvalue weighted by Gasteiger charge is 2.16. The molecule has 1 saturated heterocycles. The summed E-state index contributed by atoms with van der Waals surface area (Å²) in [5.41, 5.74) is 2.61. The molecule has 2 N–H and O–H groups in total. The highest BCUT2D eigenvalue weighted by atomic mass is 16.5. The zero-order valence-corrected chi connectivity index (χ0v) is 18.6. The molecule has 0 bridgehead atoms. The standard InChI is InChI=1S/C22H39N5O2/c1-19-17-27(12-14-29-19)18-21-8-5-7-20(15-21)16-25-22(23-2)24-9-11-26(3)10-6-13-28-4/h5,7-8,15,19H,6,9-14,16-18H2,1-4H3,(H2,23,24,25). The van der Waals surface area contributed by atoms with Crippen LogP contribution in [0.15, 0.2) is 29.3 Å². The number of morpholine rings is 1. The second kappa shape index (κ2) is 13.5. The SMILES string of the molecule is CN=C(NCCN(C)CCCOC)NCc1cccc(CN2CCOC(C)C2)c1. The molecular formula is C22H39N5O2. The van der Waals surface area contributed by atoms with Gasteiger partial charge in [-0.15, -0.1) is 0 Å². The molecule has 0 spiro atoms. The van der Waals surface area contributed by atoms with Crippen molar-refractivity contribution in [2.45, 2.75) is 32.5 Å². The van der Waals surface area contributed by atoms with Gasteiger partial charge < -0.3 is 25.0 Å². The van der Waals surface area contributed by atoms with E-state index in [9.17, 15) is 0 Å². The Morgan fingerprint density at radius 1 is 1.31 bits per heavy atom.